The molecule has 1 aliphatic rings. The highest BCUT2D eigenvalue weighted by atomic mass is 35.5. The number of nitrogens with zero attached hydrogens (tertiary/aromatic N) is 1. The number of benzene rings is 1. The third-order valence-electron chi connectivity index (χ3n) is 2.21. The van der Waals surface area contributed by atoms with Crippen molar-refractivity contribution in [1.82, 2.24) is 0 Å². The second kappa shape index (κ2) is 4.90. The van der Waals surface area contributed by atoms with E-state index < -0.39 is 0 Å². The lowest BCUT2D eigenvalue weighted by molar-refractivity contribution is 0.720. The van der Waals surface area contributed by atoms with Crippen LogP contribution in [0.25, 0.3) is 0 Å². The van der Waals surface area contributed by atoms with Gasteiger partial charge in [-0.1, -0.05) is 23.4 Å². The van der Waals surface area contributed by atoms with Crippen molar-refractivity contribution in [3.8, 4) is 0 Å². The lowest BCUT2D eigenvalue weighted by atomic mass is 10.3. The van der Waals surface area contributed by atoms with Gasteiger partial charge in [0, 0.05) is 16.5 Å². The summed E-state index contributed by atoms with van der Waals surface area (Å²) in [5, 5.41) is 5.06. The molecule has 2 rings (SSSR count). The number of nitrogens with one attached hydrogen (secondary N) is 1. The zero-order chi connectivity index (χ0) is 10.7. The summed E-state index contributed by atoms with van der Waals surface area (Å²) in [5.41, 5.74) is 1.04. The Labute approximate surface area is 99.1 Å². The lowest BCUT2D eigenvalue weighted by Gasteiger charge is -2.17. The van der Waals surface area contributed by atoms with Gasteiger partial charge in [-0.25, -0.2) is 0 Å². The number of aliphatic imine (C=N–C) groups is 1. The molecule has 1 atom stereocenters. The molecule has 0 spiro atoms. The molecule has 15 heavy (non-hydrogen) atoms. The van der Waals surface area contributed by atoms with Gasteiger partial charge in [0.05, 0.1) is 6.04 Å². The van der Waals surface area contributed by atoms with Crippen molar-refractivity contribution in [3.05, 3.63) is 29.3 Å². The van der Waals surface area contributed by atoms with Gasteiger partial charge in [-0.3, -0.25) is 4.99 Å². The second-order valence-corrected chi connectivity index (χ2v) is 5.07. The summed E-state index contributed by atoms with van der Waals surface area (Å²) < 4.78 is 0. The van der Waals surface area contributed by atoms with Crippen molar-refractivity contribution in [2.24, 2.45) is 4.99 Å². The maximum absolute atomic E-state index is 5.81. The molecular weight excluding hydrogens is 228 g/mol. The van der Waals surface area contributed by atoms with E-state index in [4.69, 9.17) is 11.6 Å². The van der Waals surface area contributed by atoms with Gasteiger partial charge >= 0.3 is 0 Å². The minimum Gasteiger partial charge on any atom is -0.335 e. The molecule has 1 heterocycles. The smallest absolute Gasteiger partial charge is 0.161 e. The summed E-state index contributed by atoms with van der Waals surface area (Å²) in [6, 6.07) is 8.11. The summed E-state index contributed by atoms with van der Waals surface area (Å²) >= 11 is 7.59. The van der Waals surface area contributed by atoms with E-state index in [1.165, 1.54) is 0 Å². The van der Waals surface area contributed by atoms with Crippen LogP contribution in [0.1, 0.15) is 13.3 Å². The first-order chi connectivity index (χ1) is 7.24. The van der Waals surface area contributed by atoms with Gasteiger partial charge < -0.3 is 5.32 Å². The maximum atomic E-state index is 5.81. The summed E-state index contributed by atoms with van der Waals surface area (Å²) in [6.07, 6.45) is 1.16. The molecule has 1 aliphatic heterocycles. The highest BCUT2D eigenvalue weighted by Gasteiger charge is 2.11. The number of hydrogen-bond donors (Lipinski definition) is 1. The van der Waals surface area contributed by atoms with E-state index in [1.807, 2.05) is 24.3 Å². The van der Waals surface area contributed by atoms with Gasteiger partial charge in [0.2, 0.25) is 0 Å². The molecule has 1 unspecified atom stereocenters. The predicted molar refractivity (Wildman–Crippen MR) is 69.0 cm³/mol. The van der Waals surface area contributed by atoms with Gasteiger partial charge in [-0.05, 0) is 37.6 Å². The fraction of sp³-hybridized carbons (Fsp3) is 0.364. The average Bonchev–Trinajstić information content (AvgIpc) is 2.22. The zero-order valence-corrected chi connectivity index (χ0v) is 10.1. The van der Waals surface area contributed by atoms with Gasteiger partial charge in [0.25, 0.3) is 0 Å². The van der Waals surface area contributed by atoms with Crippen LogP contribution in [0.3, 0.4) is 0 Å². The minimum absolute atomic E-state index is 0.432. The molecule has 0 saturated carbocycles. The van der Waals surface area contributed by atoms with Gasteiger partial charge in [-0.2, -0.15) is 0 Å². The Morgan fingerprint density at radius 2 is 2.13 bits per heavy atom. The molecule has 0 amide bonds. The highest BCUT2D eigenvalue weighted by molar-refractivity contribution is 8.14. The SMILES string of the molecule is CC1CCSC(Nc2ccc(Cl)cc2)=N1. The van der Waals surface area contributed by atoms with E-state index in [9.17, 15) is 0 Å². The first kappa shape index (κ1) is 10.8. The molecule has 2 nitrogen and oxygen atoms in total. The summed E-state index contributed by atoms with van der Waals surface area (Å²) in [6.45, 7) is 2.14. The third kappa shape index (κ3) is 3.14. The molecule has 0 bridgehead atoms. The quantitative estimate of drug-likeness (QED) is 0.811. The largest absolute Gasteiger partial charge is 0.335 e. The van der Waals surface area contributed by atoms with Crippen LogP contribution in [0.4, 0.5) is 5.69 Å². The van der Waals surface area contributed by atoms with Crippen LogP contribution in [0.2, 0.25) is 5.02 Å². The van der Waals surface area contributed by atoms with E-state index in [0.717, 1.165) is 28.1 Å². The van der Waals surface area contributed by atoms with Gasteiger partial charge in [0.15, 0.2) is 5.17 Å². The van der Waals surface area contributed by atoms with Crippen molar-refractivity contribution in [2.45, 2.75) is 19.4 Å². The molecular formula is C11H13ClN2S. The van der Waals surface area contributed by atoms with Crippen LogP contribution in [-0.2, 0) is 0 Å². The van der Waals surface area contributed by atoms with E-state index in [0.29, 0.717) is 6.04 Å². The van der Waals surface area contributed by atoms with Crippen LogP contribution in [0.15, 0.2) is 29.3 Å². The van der Waals surface area contributed by atoms with Gasteiger partial charge in [-0.15, -0.1) is 0 Å². The second-order valence-electron chi connectivity index (χ2n) is 3.55. The normalized spacial score (nSPS) is 20.9. The summed E-state index contributed by atoms with van der Waals surface area (Å²) in [7, 11) is 0. The molecule has 0 saturated heterocycles. The van der Waals surface area contributed by atoms with Crippen LogP contribution >= 0.6 is 23.4 Å². The van der Waals surface area contributed by atoms with Crippen molar-refractivity contribution >= 4 is 34.2 Å². The number of thioether (sulfide) groups is 1. The van der Waals surface area contributed by atoms with Gasteiger partial charge in [0.1, 0.15) is 0 Å². The van der Waals surface area contributed by atoms with Crippen molar-refractivity contribution in [2.75, 3.05) is 11.1 Å². The van der Waals surface area contributed by atoms with E-state index >= 15 is 0 Å². The molecule has 0 radical (unpaired) electrons. The monoisotopic (exact) mass is 240 g/mol. The summed E-state index contributed by atoms with van der Waals surface area (Å²) in [5.74, 6) is 1.14. The first-order valence-corrected chi connectivity index (χ1v) is 6.33. The first-order valence-electron chi connectivity index (χ1n) is 4.97. The highest BCUT2D eigenvalue weighted by Crippen LogP contribution is 2.20. The molecule has 1 aromatic rings. The standard InChI is InChI=1S/C11H13ClN2S/c1-8-6-7-15-11(13-8)14-10-4-2-9(12)3-5-10/h2-5,8H,6-7H2,1H3,(H,13,14). The van der Waals surface area contributed by atoms with Crippen LogP contribution in [0, 0.1) is 0 Å². The number of anilines is 1. The Hall–Kier alpha value is -0.670. The lowest BCUT2D eigenvalue weighted by Crippen LogP contribution is -2.17. The van der Waals surface area contributed by atoms with Crippen molar-refractivity contribution in [1.29, 1.82) is 0 Å². The maximum Gasteiger partial charge on any atom is 0.161 e. The average molecular weight is 241 g/mol. The van der Waals surface area contributed by atoms with E-state index in [-0.39, 0.29) is 0 Å². The summed E-state index contributed by atoms with van der Waals surface area (Å²) in [4.78, 5) is 4.54. The number of amidine groups is 1. The van der Waals surface area contributed by atoms with E-state index in [1.54, 1.807) is 11.8 Å². The molecule has 80 valence electrons. The molecule has 0 aromatic heterocycles. The number of hydrogen-bond acceptors (Lipinski definition) is 3. The topological polar surface area (TPSA) is 24.4 Å². The Bertz CT molecular complexity index is 361. The van der Waals surface area contributed by atoms with Crippen LogP contribution < -0.4 is 5.32 Å². The van der Waals surface area contributed by atoms with Crippen molar-refractivity contribution in [3.63, 3.8) is 0 Å². The Kier molecular flexibility index (Phi) is 3.54. The Balaban J connectivity index is 2.05. The molecule has 1 aromatic carbocycles. The van der Waals surface area contributed by atoms with Crippen LogP contribution in [0.5, 0.6) is 0 Å². The fourth-order valence-electron chi connectivity index (χ4n) is 1.35. The Morgan fingerprint density at radius 3 is 2.80 bits per heavy atom. The third-order valence-corrected chi connectivity index (χ3v) is 3.38. The predicted octanol–water partition coefficient (Wildman–Crippen LogP) is 3.63. The number of rotatable bonds is 1. The van der Waals surface area contributed by atoms with Crippen molar-refractivity contribution < 1.29 is 0 Å². The van der Waals surface area contributed by atoms with Crippen LogP contribution in [-0.4, -0.2) is 17.0 Å². The molecule has 0 aliphatic carbocycles. The Morgan fingerprint density at radius 1 is 1.40 bits per heavy atom. The zero-order valence-electron chi connectivity index (χ0n) is 8.53. The number of halogens is 1. The molecule has 4 heteroatoms. The fourth-order valence-corrected chi connectivity index (χ4v) is 2.58. The van der Waals surface area contributed by atoms with E-state index in [2.05, 4.69) is 17.2 Å². The minimum atomic E-state index is 0.432. The molecule has 0 fully saturated rings. The molecule has 1 N–H and O–H groups in total.